The Balaban J connectivity index is 1.34. The first kappa shape index (κ1) is 21.5. The van der Waals surface area contributed by atoms with Gasteiger partial charge in [-0.15, -0.1) is 0 Å². The second kappa shape index (κ2) is 9.63. The molecular formula is C23H29N7O3. The number of ether oxygens (including phenoxy) is 2. The number of morpholine rings is 1. The van der Waals surface area contributed by atoms with E-state index in [4.69, 9.17) is 9.47 Å². The third-order valence-electron chi connectivity index (χ3n) is 6.07. The van der Waals surface area contributed by atoms with Crippen LogP contribution in [0.15, 0.2) is 36.7 Å². The molecule has 3 N–H and O–H groups in total. The molecule has 2 aromatic heterocycles. The summed E-state index contributed by atoms with van der Waals surface area (Å²) in [5.41, 5.74) is 2.55. The minimum absolute atomic E-state index is 0.286. The maximum absolute atomic E-state index is 13.1. The van der Waals surface area contributed by atoms with Crippen LogP contribution < -0.4 is 25.6 Å². The molecule has 0 aliphatic carbocycles. The monoisotopic (exact) mass is 451 g/mol. The quantitative estimate of drug-likeness (QED) is 0.523. The average molecular weight is 452 g/mol. The number of fused-ring (bicyclic) bond motifs is 1. The van der Waals surface area contributed by atoms with Crippen LogP contribution in [0, 0.1) is 0 Å². The van der Waals surface area contributed by atoms with E-state index in [9.17, 15) is 4.79 Å². The van der Waals surface area contributed by atoms with E-state index in [0.717, 1.165) is 50.5 Å². The summed E-state index contributed by atoms with van der Waals surface area (Å²) < 4.78 is 12.6. The SMILES string of the molecule is COc1cc(N2CCOCC2)ccc1NC(=O)c1cnn2ccc(N[C@@H]3CCCNC3)nc12. The molecule has 0 radical (unpaired) electrons. The van der Waals surface area contributed by atoms with Gasteiger partial charge in [-0.3, -0.25) is 4.79 Å². The second-order valence-electron chi connectivity index (χ2n) is 8.26. The van der Waals surface area contributed by atoms with Gasteiger partial charge in [-0.05, 0) is 37.6 Å². The highest BCUT2D eigenvalue weighted by molar-refractivity contribution is 6.08. The van der Waals surface area contributed by atoms with Crippen molar-refractivity contribution < 1.29 is 14.3 Å². The highest BCUT2D eigenvalue weighted by Gasteiger charge is 2.19. The van der Waals surface area contributed by atoms with Crippen LogP contribution in [-0.2, 0) is 4.74 Å². The van der Waals surface area contributed by atoms with E-state index in [1.165, 1.54) is 6.20 Å². The molecule has 0 bridgehead atoms. The Morgan fingerprint density at radius 1 is 1.27 bits per heavy atom. The molecule has 4 heterocycles. The molecule has 2 aliphatic heterocycles. The van der Waals surface area contributed by atoms with E-state index in [1.807, 2.05) is 30.5 Å². The zero-order chi connectivity index (χ0) is 22.6. The Labute approximate surface area is 192 Å². The van der Waals surface area contributed by atoms with Gasteiger partial charge in [0.05, 0.1) is 32.2 Å². The van der Waals surface area contributed by atoms with Crippen LogP contribution >= 0.6 is 0 Å². The normalized spacial score (nSPS) is 18.8. The number of hydrogen-bond acceptors (Lipinski definition) is 8. The van der Waals surface area contributed by atoms with Crippen LogP contribution in [0.25, 0.3) is 5.65 Å². The lowest BCUT2D eigenvalue weighted by Gasteiger charge is -2.29. The van der Waals surface area contributed by atoms with Crippen molar-refractivity contribution in [1.82, 2.24) is 19.9 Å². The van der Waals surface area contributed by atoms with E-state index in [1.54, 1.807) is 11.6 Å². The number of rotatable bonds is 6. The number of hydrogen-bond donors (Lipinski definition) is 3. The largest absolute Gasteiger partial charge is 0.494 e. The average Bonchev–Trinajstić information content (AvgIpc) is 3.29. The lowest BCUT2D eigenvalue weighted by molar-refractivity contribution is 0.102. The van der Waals surface area contributed by atoms with Gasteiger partial charge < -0.3 is 30.3 Å². The first-order valence-electron chi connectivity index (χ1n) is 11.3. The third-order valence-corrected chi connectivity index (χ3v) is 6.07. The predicted octanol–water partition coefficient (Wildman–Crippen LogP) is 1.99. The van der Waals surface area contributed by atoms with Crippen molar-refractivity contribution in [3.05, 3.63) is 42.2 Å². The van der Waals surface area contributed by atoms with Gasteiger partial charge in [0, 0.05) is 43.6 Å². The van der Waals surface area contributed by atoms with Gasteiger partial charge in [0.2, 0.25) is 0 Å². The number of carbonyl (C=O) groups excluding carboxylic acids is 1. The van der Waals surface area contributed by atoms with Crippen LogP contribution in [0.5, 0.6) is 5.75 Å². The Hall–Kier alpha value is -3.37. The number of methoxy groups -OCH3 is 1. The Morgan fingerprint density at radius 3 is 2.94 bits per heavy atom. The number of aromatic nitrogens is 3. The van der Waals surface area contributed by atoms with Crippen molar-refractivity contribution in [1.29, 1.82) is 0 Å². The molecule has 5 rings (SSSR count). The maximum Gasteiger partial charge on any atom is 0.261 e. The number of nitrogens with one attached hydrogen (secondary N) is 3. The van der Waals surface area contributed by atoms with Crippen molar-refractivity contribution in [2.24, 2.45) is 0 Å². The minimum atomic E-state index is -0.286. The molecule has 33 heavy (non-hydrogen) atoms. The summed E-state index contributed by atoms with van der Waals surface area (Å²) >= 11 is 0. The predicted molar refractivity (Wildman–Crippen MR) is 126 cm³/mol. The third kappa shape index (κ3) is 4.71. The zero-order valence-electron chi connectivity index (χ0n) is 18.7. The fourth-order valence-electron chi connectivity index (χ4n) is 4.28. The number of carbonyl (C=O) groups is 1. The van der Waals surface area contributed by atoms with E-state index in [0.29, 0.717) is 41.9 Å². The van der Waals surface area contributed by atoms with Crippen LogP contribution in [-0.4, -0.2) is 73.0 Å². The van der Waals surface area contributed by atoms with Gasteiger partial charge in [-0.2, -0.15) is 5.10 Å². The second-order valence-corrected chi connectivity index (χ2v) is 8.26. The molecule has 0 spiro atoms. The topological polar surface area (TPSA) is 105 Å². The van der Waals surface area contributed by atoms with Gasteiger partial charge in [-0.1, -0.05) is 0 Å². The first-order chi connectivity index (χ1) is 16.2. The maximum atomic E-state index is 13.1. The van der Waals surface area contributed by atoms with Gasteiger partial charge >= 0.3 is 0 Å². The smallest absolute Gasteiger partial charge is 0.261 e. The number of benzene rings is 1. The summed E-state index contributed by atoms with van der Waals surface area (Å²) in [4.78, 5) is 20.0. The van der Waals surface area contributed by atoms with Gasteiger partial charge in [-0.25, -0.2) is 9.50 Å². The molecule has 1 aromatic carbocycles. The number of nitrogens with zero attached hydrogens (tertiary/aromatic N) is 4. The van der Waals surface area contributed by atoms with Gasteiger partial charge in [0.15, 0.2) is 5.65 Å². The van der Waals surface area contributed by atoms with Crippen molar-refractivity contribution in [2.45, 2.75) is 18.9 Å². The molecule has 3 aromatic rings. The summed E-state index contributed by atoms with van der Waals surface area (Å²) in [5, 5.41) is 14.1. The van der Waals surface area contributed by atoms with Crippen LogP contribution in [0.1, 0.15) is 23.2 Å². The molecule has 1 atom stereocenters. The lowest BCUT2D eigenvalue weighted by atomic mass is 10.1. The van der Waals surface area contributed by atoms with E-state index >= 15 is 0 Å². The standard InChI is InChI=1S/C23H29N7O3/c1-32-20-13-17(29-9-11-33-12-10-29)4-5-19(20)27-23(31)18-15-25-30-8-6-21(28-22(18)30)26-16-3-2-7-24-14-16/h4-6,8,13,15-16,24H,2-3,7,9-12,14H2,1H3,(H,26,28)(H,27,31)/t16-/m1/s1. The zero-order valence-corrected chi connectivity index (χ0v) is 18.7. The van der Waals surface area contributed by atoms with E-state index < -0.39 is 0 Å². The summed E-state index contributed by atoms with van der Waals surface area (Å²) in [6, 6.07) is 7.99. The van der Waals surface area contributed by atoms with Crippen LogP contribution in [0.3, 0.4) is 0 Å². The molecule has 0 saturated carbocycles. The molecule has 2 fully saturated rings. The minimum Gasteiger partial charge on any atom is -0.494 e. The Bertz CT molecular complexity index is 1120. The molecule has 10 nitrogen and oxygen atoms in total. The van der Waals surface area contributed by atoms with Crippen molar-refractivity contribution in [3.8, 4) is 5.75 Å². The van der Waals surface area contributed by atoms with Crippen molar-refractivity contribution in [3.63, 3.8) is 0 Å². The summed E-state index contributed by atoms with van der Waals surface area (Å²) in [6.07, 6.45) is 5.58. The van der Waals surface area contributed by atoms with Gasteiger partial charge in [0.1, 0.15) is 17.1 Å². The lowest BCUT2D eigenvalue weighted by Crippen LogP contribution is -2.38. The van der Waals surface area contributed by atoms with Crippen molar-refractivity contribution >= 4 is 28.7 Å². The van der Waals surface area contributed by atoms with E-state index in [-0.39, 0.29) is 5.91 Å². The molecule has 2 saturated heterocycles. The number of anilines is 3. The van der Waals surface area contributed by atoms with Crippen LogP contribution in [0.4, 0.5) is 17.2 Å². The van der Waals surface area contributed by atoms with Gasteiger partial charge in [0.25, 0.3) is 5.91 Å². The number of amides is 1. The fourth-order valence-corrected chi connectivity index (χ4v) is 4.28. The molecular weight excluding hydrogens is 422 g/mol. The molecule has 1 amide bonds. The molecule has 174 valence electrons. The highest BCUT2D eigenvalue weighted by atomic mass is 16.5. The first-order valence-corrected chi connectivity index (χ1v) is 11.3. The molecule has 0 unspecified atom stereocenters. The fraction of sp³-hybridized carbons (Fsp3) is 0.435. The van der Waals surface area contributed by atoms with E-state index in [2.05, 4.69) is 30.9 Å². The Morgan fingerprint density at radius 2 is 2.15 bits per heavy atom. The van der Waals surface area contributed by atoms with Crippen LogP contribution in [0.2, 0.25) is 0 Å². The Kier molecular flexibility index (Phi) is 6.27. The van der Waals surface area contributed by atoms with Crippen molar-refractivity contribution in [2.75, 3.05) is 62.0 Å². The summed E-state index contributed by atoms with van der Waals surface area (Å²) in [7, 11) is 1.60. The highest BCUT2D eigenvalue weighted by Crippen LogP contribution is 2.31. The molecule has 2 aliphatic rings. The molecule has 10 heteroatoms. The summed E-state index contributed by atoms with van der Waals surface area (Å²) in [6.45, 7) is 5.02. The summed E-state index contributed by atoms with van der Waals surface area (Å²) in [5.74, 6) is 1.05. The number of piperidine rings is 1.